The Morgan fingerprint density at radius 1 is 1.62 bits per heavy atom. The van der Waals surface area contributed by atoms with E-state index in [1.165, 1.54) is 13.1 Å². The van der Waals surface area contributed by atoms with Crippen LogP contribution in [0, 0.1) is 5.92 Å². The first-order valence-electron chi connectivity index (χ1n) is 4.52. The first-order valence-corrected chi connectivity index (χ1v) is 5.34. The van der Waals surface area contributed by atoms with Gasteiger partial charge in [-0.3, -0.25) is 9.59 Å². The Hall–Kier alpha value is -0.980. The summed E-state index contributed by atoms with van der Waals surface area (Å²) in [6.07, 6.45) is 1.45. The molecule has 0 saturated carbocycles. The van der Waals surface area contributed by atoms with Crippen LogP contribution in [0.3, 0.4) is 0 Å². The van der Waals surface area contributed by atoms with Gasteiger partial charge in [-0.2, -0.15) is 0 Å². The Bertz CT molecular complexity index is 381. The van der Waals surface area contributed by atoms with E-state index in [4.69, 9.17) is 5.73 Å². The largest absolute Gasteiger partial charge is 0.330 e. The molecule has 0 radical (unpaired) electrons. The minimum atomic E-state index is -0.255. The monoisotopic (exact) mass is 263 g/mol. The van der Waals surface area contributed by atoms with Gasteiger partial charge in [0.25, 0.3) is 0 Å². The van der Waals surface area contributed by atoms with Crippen LogP contribution in [0.15, 0.2) is 6.20 Å². The van der Waals surface area contributed by atoms with Crippen LogP contribution >= 0.6 is 23.7 Å². The fraction of sp³-hybridized carbons (Fsp3) is 0.444. The van der Waals surface area contributed by atoms with E-state index in [9.17, 15) is 9.59 Å². The third-order valence-corrected chi connectivity index (χ3v) is 2.90. The van der Waals surface area contributed by atoms with E-state index in [0.29, 0.717) is 10.0 Å². The van der Waals surface area contributed by atoms with Gasteiger partial charge >= 0.3 is 0 Å². The minimum Gasteiger partial charge on any atom is -0.330 e. The van der Waals surface area contributed by atoms with Gasteiger partial charge in [-0.25, -0.2) is 4.98 Å². The number of nitrogens with one attached hydrogen (secondary N) is 1. The molecule has 7 heteroatoms. The highest BCUT2D eigenvalue weighted by Crippen LogP contribution is 2.18. The third kappa shape index (κ3) is 3.88. The lowest BCUT2D eigenvalue weighted by Gasteiger charge is -2.06. The zero-order valence-corrected chi connectivity index (χ0v) is 10.7. The number of carbonyl (C=O) groups excluding carboxylic acids is 2. The second-order valence-corrected chi connectivity index (χ2v) is 4.24. The van der Waals surface area contributed by atoms with Gasteiger partial charge in [0.1, 0.15) is 0 Å². The Balaban J connectivity index is 0.00000225. The van der Waals surface area contributed by atoms with E-state index in [0.717, 1.165) is 11.3 Å². The molecule has 0 aliphatic rings. The topological polar surface area (TPSA) is 85.1 Å². The molecule has 1 rings (SSSR count). The van der Waals surface area contributed by atoms with Gasteiger partial charge in [0.05, 0.1) is 11.1 Å². The van der Waals surface area contributed by atoms with E-state index in [2.05, 4.69) is 10.3 Å². The number of nitrogens with zero attached hydrogens (tertiary/aromatic N) is 1. The SMILES string of the molecule is CC(=O)c1cnc(NC(=O)C(C)CN)s1.Cl. The van der Waals surface area contributed by atoms with E-state index < -0.39 is 0 Å². The summed E-state index contributed by atoms with van der Waals surface area (Å²) in [6, 6.07) is 0. The van der Waals surface area contributed by atoms with Crippen LogP contribution in [0.5, 0.6) is 0 Å². The van der Waals surface area contributed by atoms with Crippen molar-refractivity contribution in [3.8, 4) is 0 Å². The summed E-state index contributed by atoms with van der Waals surface area (Å²) in [5, 5.41) is 3.04. The number of ketones is 1. The van der Waals surface area contributed by atoms with Crippen molar-refractivity contribution < 1.29 is 9.59 Å². The maximum atomic E-state index is 11.4. The number of halogens is 1. The van der Waals surface area contributed by atoms with Gasteiger partial charge < -0.3 is 11.1 Å². The van der Waals surface area contributed by atoms with Crippen LogP contribution in [-0.2, 0) is 4.79 Å². The number of amides is 1. The van der Waals surface area contributed by atoms with Gasteiger partial charge in [0.15, 0.2) is 10.9 Å². The summed E-state index contributed by atoms with van der Waals surface area (Å²) in [5.74, 6) is -0.489. The number of aromatic nitrogens is 1. The van der Waals surface area contributed by atoms with E-state index >= 15 is 0 Å². The van der Waals surface area contributed by atoms with Gasteiger partial charge in [0, 0.05) is 19.4 Å². The van der Waals surface area contributed by atoms with Gasteiger partial charge in [0.2, 0.25) is 5.91 Å². The number of nitrogens with two attached hydrogens (primary N) is 1. The molecule has 0 aromatic carbocycles. The average molecular weight is 264 g/mol. The number of rotatable bonds is 4. The highest BCUT2D eigenvalue weighted by molar-refractivity contribution is 7.17. The molecule has 0 aliphatic carbocycles. The molecule has 90 valence electrons. The molecule has 0 fully saturated rings. The lowest BCUT2D eigenvalue weighted by molar-refractivity contribution is -0.119. The number of anilines is 1. The van der Waals surface area contributed by atoms with E-state index in [1.807, 2.05) is 0 Å². The molecule has 16 heavy (non-hydrogen) atoms. The smallest absolute Gasteiger partial charge is 0.230 e. The first-order chi connectivity index (χ1) is 7.04. The van der Waals surface area contributed by atoms with Crippen molar-refractivity contribution >= 4 is 40.6 Å². The van der Waals surface area contributed by atoms with Crippen molar-refractivity contribution in [2.45, 2.75) is 13.8 Å². The molecular weight excluding hydrogens is 250 g/mol. The molecule has 0 aliphatic heterocycles. The molecule has 1 aromatic rings. The number of thiazole rings is 1. The average Bonchev–Trinajstić information content (AvgIpc) is 2.65. The van der Waals surface area contributed by atoms with Crippen LogP contribution in [0.4, 0.5) is 5.13 Å². The lowest BCUT2D eigenvalue weighted by atomic mass is 10.2. The van der Waals surface area contributed by atoms with Crippen molar-refractivity contribution in [3.05, 3.63) is 11.1 Å². The predicted octanol–water partition coefficient (Wildman–Crippen LogP) is 1.30. The van der Waals surface area contributed by atoms with E-state index in [-0.39, 0.29) is 36.6 Å². The minimum absolute atomic E-state index is 0. The standard InChI is InChI=1S/C9H13N3O2S.ClH/c1-5(3-10)8(14)12-9-11-4-7(15-9)6(2)13;/h4-5H,3,10H2,1-2H3,(H,11,12,14);1H. The van der Waals surface area contributed by atoms with Crippen molar-refractivity contribution in [1.82, 2.24) is 4.98 Å². The molecule has 1 heterocycles. The summed E-state index contributed by atoms with van der Waals surface area (Å²) in [5.41, 5.74) is 5.35. The summed E-state index contributed by atoms with van der Waals surface area (Å²) in [7, 11) is 0. The van der Waals surface area contributed by atoms with Crippen LogP contribution in [-0.4, -0.2) is 23.2 Å². The molecule has 1 aromatic heterocycles. The molecule has 0 bridgehead atoms. The Morgan fingerprint density at radius 3 is 2.69 bits per heavy atom. The summed E-state index contributed by atoms with van der Waals surface area (Å²) in [6.45, 7) is 3.48. The van der Waals surface area contributed by atoms with Gasteiger partial charge in [-0.1, -0.05) is 18.3 Å². The van der Waals surface area contributed by atoms with Crippen molar-refractivity contribution in [2.24, 2.45) is 11.7 Å². The molecule has 1 amide bonds. The summed E-state index contributed by atoms with van der Waals surface area (Å²) < 4.78 is 0. The summed E-state index contributed by atoms with van der Waals surface area (Å²) in [4.78, 5) is 26.8. The third-order valence-electron chi connectivity index (χ3n) is 1.88. The van der Waals surface area contributed by atoms with Gasteiger partial charge in [-0.05, 0) is 0 Å². The van der Waals surface area contributed by atoms with Crippen LogP contribution in [0.2, 0.25) is 0 Å². The van der Waals surface area contributed by atoms with Gasteiger partial charge in [-0.15, -0.1) is 12.4 Å². The highest BCUT2D eigenvalue weighted by Gasteiger charge is 2.13. The van der Waals surface area contributed by atoms with Crippen LogP contribution in [0.25, 0.3) is 0 Å². The molecule has 3 N–H and O–H groups in total. The van der Waals surface area contributed by atoms with Crippen molar-refractivity contribution in [2.75, 3.05) is 11.9 Å². The Morgan fingerprint density at radius 2 is 2.25 bits per heavy atom. The molecule has 1 unspecified atom stereocenters. The van der Waals surface area contributed by atoms with Crippen LogP contribution < -0.4 is 11.1 Å². The quantitative estimate of drug-likeness (QED) is 0.802. The number of Topliss-reactive ketones (excluding diaryl/α,β-unsaturated/α-hetero) is 1. The number of carbonyl (C=O) groups is 2. The Kier molecular flexibility index (Phi) is 6.17. The van der Waals surface area contributed by atoms with Crippen molar-refractivity contribution in [3.63, 3.8) is 0 Å². The molecular formula is C9H14ClN3O2S. The highest BCUT2D eigenvalue weighted by atomic mass is 35.5. The first kappa shape index (κ1) is 15.0. The maximum absolute atomic E-state index is 11.4. The second-order valence-electron chi connectivity index (χ2n) is 3.21. The molecule has 0 spiro atoms. The lowest BCUT2D eigenvalue weighted by Crippen LogP contribution is -2.26. The number of hydrogen-bond donors (Lipinski definition) is 2. The normalized spacial score (nSPS) is 11.4. The zero-order chi connectivity index (χ0) is 11.4. The molecule has 1 atom stereocenters. The zero-order valence-electron chi connectivity index (χ0n) is 9.02. The Labute approximate surface area is 104 Å². The van der Waals surface area contributed by atoms with Crippen LogP contribution in [0.1, 0.15) is 23.5 Å². The van der Waals surface area contributed by atoms with Crippen molar-refractivity contribution in [1.29, 1.82) is 0 Å². The van der Waals surface area contributed by atoms with E-state index in [1.54, 1.807) is 6.92 Å². The number of hydrogen-bond acceptors (Lipinski definition) is 5. The molecule has 5 nitrogen and oxygen atoms in total. The predicted molar refractivity (Wildman–Crippen MR) is 66.2 cm³/mol. The molecule has 0 saturated heterocycles. The second kappa shape index (κ2) is 6.57. The fourth-order valence-corrected chi connectivity index (χ4v) is 1.54. The fourth-order valence-electron chi connectivity index (χ4n) is 0.830. The maximum Gasteiger partial charge on any atom is 0.230 e. The summed E-state index contributed by atoms with van der Waals surface area (Å²) >= 11 is 1.16.